The summed E-state index contributed by atoms with van der Waals surface area (Å²) in [6.07, 6.45) is 3.77. The van der Waals surface area contributed by atoms with Crippen molar-refractivity contribution in [3.05, 3.63) is 0 Å². The van der Waals surface area contributed by atoms with Crippen molar-refractivity contribution in [2.75, 3.05) is 39.8 Å². The fraction of sp³-hybridized carbons (Fsp3) is 0.857. The van der Waals surface area contributed by atoms with E-state index >= 15 is 0 Å². The zero-order valence-electron chi connectivity index (χ0n) is 12.4. The molecule has 0 spiro atoms. The van der Waals surface area contributed by atoms with Crippen LogP contribution in [-0.4, -0.2) is 77.6 Å². The molecule has 1 aliphatic carbocycles. The van der Waals surface area contributed by atoms with E-state index in [1.54, 1.807) is 6.92 Å². The minimum Gasteiger partial charge on any atom is -0.480 e. The van der Waals surface area contributed by atoms with Gasteiger partial charge < -0.3 is 14.9 Å². The van der Waals surface area contributed by atoms with Crippen LogP contribution < -0.4 is 0 Å². The molecule has 0 aromatic rings. The van der Waals surface area contributed by atoms with Gasteiger partial charge in [0.2, 0.25) is 0 Å². The molecule has 6 heteroatoms. The van der Waals surface area contributed by atoms with Crippen molar-refractivity contribution in [2.24, 2.45) is 5.92 Å². The number of piperazine rings is 1. The lowest BCUT2D eigenvalue weighted by atomic mass is 9.85. The Bertz CT molecular complexity index is 363. The molecule has 2 aliphatic rings. The lowest BCUT2D eigenvalue weighted by Gasteiger charge is -2.39. The van der Waals surface area contributed by atoms with Gasteiger partial charge in [-0.3, -0.25) is 9.69 Å². The molecule has 0 aromatic heterocycles. The molecule has 0 radical (unpaired) electrons. The molecule has 2 amide bonds. The van der Waals surface area contributed by atoms with E-state index in [-0.39, 0.29) is 6.03 Å². The van der Waals surface area contributed by atoms with E-state index in [0.29, 0.717) is 32.1 Å². The van der Waals surface area contributed by atoms with Gasteiger partial charge in [0.25, 0.3) is 0 Å². The molecule has 6 nitrogen and oxygen atoms in total. The predicted molar refractivity (Wildman–Crippen MR) is 75.6 cm³/mol. The Labute approximate surface area is 120 Å². The van der Waals surface area contributed by atoms with E-state index in [9.17, 15) is 9.59 Å². The number of aliphatic carboxylic acids is 1. The number of hydrogen-bond acceptors (Lipinski definition) is 3. The van der Waals surface area contributed by atoms with Crippen LogP contribution in [-0.2, 0) is 4.79 Å². The Kier molecular flexibility index (Phi) is 4.86. The van der Waals surface area contributed by atoms with Gasteiger partial charge >= 0.3 is 12.0 Å². The first-order chi connectivity index (χ1) is 9.49. The zero-order chi connectivity index (χ0) is 14.7. The summed E-state index contributed by atoms with van der Waals surface area (Å²) in [6.45, 7) is 5.05. The summed E-state index contributed by atoms with van der Waals surface area (Å²) in [5, 5.41) is 9.00. The number of carboxylic acid groups (broad SMARTS) is 1. The summed E-state index contributed by atoms with van der Waals surface area (Å²) in [7, 11) is 1.87. The van der Waals surface area contributed by atoms with Crippen LogP contribution in [0.25, 0.3) is 0 Å². The van der Waals surface area contributed by atoms with Crippen LogP contribution in [0, 0.1) is 5.92 Å². The molecule has 0 bridgehead atoms. The number of nitrogens with zero attached hydrogens (tertiary/aromatic N) is 3. The van der Waals surface area contributed by atoms with Crippen LogP contribution in [0.2, 0.25) is 0 Å². The highest BCUT2D eigenvalue weighted by Crippen LogP contribution is 2.27. The second-order valence-electron chi connectivity index (χ2n) is 6.00. The fourth-order valence-electron chi connectivity index (χ4n) is 2.84. The maximum absolute atomic E-state index is 12.3. The summed E-state index contributed by atoms with van der Waals surface area (Å²) in [5.74, 6) is -0.121. The van der Waals surface area contributed by atoms with Crippen molar-refractivity contribution in [1.29, 1.82) is 0 Å². The van der Waals surface area contributed by atoms with Crippen molar-refractivity contribution >= 4 is 12.0 Å². The second kappa shape index (κ2) is 6.43. The van der Waals surface area contributed by atoms with E-state index in [2.05, 4.69) is 0 Å². The average Bonchev–Trinajstić information content (AvgIpc) is 2.41. The van der Waals surface area contributed by atoms with Gasteiger partial charge in [0, 0.05) is 39.8 Å². The topological polar surface area (TPSA) is 64.1 Å². The van der Waals surface area contributed by atoms with Crippen LogP contribution in [0.15, 0.2) is 0 Å². The monoisotopic (exact) mass is 283 g/mol. The number of carboxylic acids is 1. The van der Waals surface area contributed by atoms with Crippen molar-refractivity contribution in [1.82, 2.24) is 14.7 Å². The molecule has 2 fully saturated rings. The quantitative estimate of drug-likeness (QED) is 0.833. The standard InChI is InChI=1S/C14H25N3O3/c1-11(13(18)19)16-6-8-17(9-7-16)14(20)15(2)10-12-4-3-5-12/h11-12H,3-10H2,1-2H3,(H,18,19). The first-order valence-corrected chi connectivity index (χ1v) is 7.46. The number of carbonyl (C=O) groups is 2. The highest BCUT2D eigenvalue weighted by molar-refractivity contribution is 5.75. The van der Waals surface area contributed by atoms with Crippen LogP contribution >= 0.6 is 0 Å². The van der Waals surface area contributed by atoms with Crippen molar-refractivity contribution < 1.29 is 14.7 Å². The van der Waals surface area contributed by atoms with Gasteiger partial charge in [0.15, 0.2) is 0 Å². The molecule has 2 rings (SSSR count). The summed E-state index contributed by atoms with van der Waals surface area (Å²) >= 11 is 0. The predicted octanol–water partition coefficient (Wildman–Crippen LogP) is 0.929. The third-order valence-electron chi connectivity index (χ3n) is 4.57. The maximum atomic E-state index is 12.3. The minimum absolute atomic E-state index is 0.0829. The largest absolute Gasteiger partial charge is 0.480 e. The third-order valence-corrected chi connectivity index (χ3v) is 4.57. The van der Waals surface area contributed by atoms with Crippen LogP contribution in [0.5, 0.6) is 0 Å². The van der Waals surface area contributed by atoms with Gasteiger partial charge in [-0.2, -0.15) is 0 Å². The fourth-order valence-corrected chi connectivity index (χ4v) is 2.84. The van der Waals surface area contributed by atoms with Gasteiger partial charge in [0.1, 0.15) is 6.04 Å². The van der Waals surface area contributed by atoms with Gasteiger partial charge in [-0.1, -0.05) is 6.42 Å². The van der Waals surface area contributed by atoms with Crippen LogP contribution in [0.3, 0.4) is 0 Å². The summed E-state index contributed by atoms with van der Waals surface area (Å²) in [4.78, 5) is 28.8. The molecule has 1 aliphatic heterocycles. The van der Waals surface area contributed by atoms with Crippen LogP contribution in [0.1, 0.15) is 26.2 Å². The van der Waals surface area contributed by atoms with Crippen molar-refractivity contribution in [2.45, 2.75) is 32.2 Å². The van der Waals surface area contributed by atoms with E-state index < -0.39 is 12.0 Å². The maximum Gasteiger partial charge on any atom is 0.320 e. The molecule has 1 N–H and O–H groups in total. The Balaban J connectivity index is 1.77. The first kappa shape index (κ1) is 15.1. The lowest BCUT2D eigenvalue weighted by molar-refractivity contribution is -0.143. The molecule has 114 valence electrons. The number of amides is 2. The molecule has 1 saturated carbocycles. The molecule has 1 atom stereocenters. The smallest absolute Gasteiger partial charge is 0.320 e. The molecular formula is C14H25N3O3. The van der Waals surface area contributed by atoms with Crippen molar-refractivity contribution in [3.8, 4) is 0 Å². The van der Waals surface area contributed by atoms with E-state index in [1.807, 2.05) is 21.7 Å². The van der Waals surface area contributed by atoms with Gasteiger partial charge in [-0.05, 0) is 25.7 Å². The molecular weight excluding hydrogens is 258 g/mol. The SMILES string of the molecule is CC(C(=O)O)N1CCN(C(=O)N(C)CC2CCC2)CC1. The van der Waals surface area contributed by atoms with Gasteiger partial charge in [-0.15, -0.1) is 0 Å². The normalized spacial score (nSPS) is 22.2. The average molecular weight is 283 g/mol. The van der Waals surface area contributed by atoms with Gasteiger partial charge in [-0.25, -0.2) is 4.79 Å². The van der Waals surface area contributed by atoms with Crippen LogP contribution in [0.4, 0.5) is 4.79 Å². The Morgan fingerprint density at radius 3 is 2.30 bits per heavy atom. The third kappa shape index (κ3) is 3.42. The number of carbonyl (C=O) groups excluding carboxylic acids is 1. The summed E-state index contributed by atoms with van der Waals surface area (Å²) < 4.78 is 0. The lowest BCUT2D eigenvalue weighted by Crippen LogP contribution is -2.55. The summed E-state index contributed by atoms with van der Waals surface area (Å²) in [6, 6.07) is -0.389. The number of urea groups is 1. The Hall–Kier alpha value is -1.30. The van der Waals surface area contributed by atoms with E-state index in [1.165, 1.54) is 19.3 Å². The molecule has 1 unspecified atom stereocenters. The molecule has 20 heavy (non-hydrogen) atoms. The minimum atomic E-state index is -0.799. The molecule has 0 aromatic carbocycles. The highest BCUT2D eigenvalue weighted by atomic mass is 16.4. The molecule has 1 heterocycles. The first-order valence-electron chi connectivity index (χ1n) is 7.46. The number of hydrogen-bond donors (Lipinski definition) is 1. The second-order valence-corrected chi connectivity index (χ2v) is 6.00. The van der Waals surface area contributed by atoms with E-state index in [0.717, 1.165) is 6.54 Å². The Morgan fingerprint density at radius 1 is 1.25 bits per heavy atom. The van der Waals surface area contributed by atoms with E-state index in [4.69, 9.17) is 5.11 Å². The van der Waals surface area contributed by atoms with Crippen molar-refractivity contribution in [3.63, 3.8) is 0 Å². The van der Waals surface area contributed by atoms with Gasteiger partial charge in [0.05, 0.1) is 0 Å². The number of rotatable bonds is 4. The zero-order valence-corrected chi connectivity index (χ0v) is 12.4. The highest BCUT2D eigenvalue weighted by Gasteiger charge is 2.29. The molecule has 1 saturated heterocycles. The Morgan fingerprint density at radius 2 is 1.85 bits per heavy atom. The summed E-state index contributed by atoms with van der Waals surface area (Å²) in [5.41, 5.74) is 0.